The van der Waals surface area contributed by atoms with Crippen molar-refractivity contribution in [3.63, 3.8) is 0 Å². The van der Waals surface area contributed by atoms with Gasteiger partial charge in [0.05, 0.1) is 18.6 Å². The van der Waals surface area contributed by atoms with Gasteiger partial charge >= 0.3 is 5.97 Å². The predicted molar refractivity (Wildman–Crippen MR) is 119 cm³/mol. The maximum Gasteiger partial charge on any atom is 0.341 e. The van der Waals surface area contributed by atoms with Crippen LogP contribution in [0.15, 0.2) is 53.4 Å². The number of esters is 1. The molecule has 3 aromatic rings. The van der Waals surface area contributed by atoms with Gasteiger partial charge in [-0.15, -0.1) is 11.3 Å². The molecule has 0 aliphatic carbocycles. The van der Waals surface area contributed by atoms with Crippen LogP contribution in [0.4, 0.5) is 5.00 Å². The quantitative estimate of drug-likeness (QED) is 0.475. The number of anilines is 1. The van der Waals surface area contributed by atoms with E-state index in [2.05, 4.69) is 4.72 Å². The third-order valence-electron chi connectivity index (χ3n) is 4.29. The van der Waals surface area contributed by atoms with Gasteiger partial charge in [-0.25, -0.2) is 13.2 Å². The van der Waals surface area contributed by atoms with E-state index in [0.29, 0.717) is 16.3 Å². The van der Waals surface area contributed by atoms with Crippen molar-refractivity contribution in [1.82, 2.24) is 0 Å². The molecule has 0 aliphatic rings. The number of ether oxygens (including phenoxy) is 2. The largest absolute Gasteiger partial charge is 0.497 e. The summed E-state index contributed by atoms with van der Waals surface area (Å²) in [6.45, 7) is 3.68. The number of hydrogen-bond acceptors (Lipinski definition) is 6. The van der Waals surface area contributed by atoms with E-state index in [0.717, 1.165) is 10.4 Å². The molecule has 0 aliphatic heterocycles. The Bertz CT molecular complexity index is 1150. The zero-order chi connectivity index (χ0) is 21.9. The zero-order valence-electron chi connectivity index (χ0n) is 16.6. The first kappa shape index (κ1) is 22.1. The number of hydrogen-bond donors (Lipinski definition) is 1. The highest BCUT2D eigenvalue weighted by molar-refractivity contribution is 7.93. The first-order valence-electron chi connectivity index (χ1n) is 9.00. The van der Waals surface area contributed by atoms with Crippen LogP contribution in [-0.4, -0.2) is 28.1 Å². The number of rotatable bonds is 7. The highest BCUT2D eigenvalue weighted by Crippen LogP contribution is 2.41. The third-order valence-corrected chi connectivity index (χ3v) is 7.06. The SMILES string of the molecule is CCOC(=O)c1c(NS(=O)(=O)c2ccc(OC)cc2)sc(C)c1-c1ccc(Cl)cc1. The molecule has 30 heavy (non-hydrogen) atoms. The summed E-state index contributed by atoms with van der Waals surface area (Å²) >= 11 is 7.16. The van der Waals surface area contributed by atoms with Gasteiger partial charge in [0.1, 0.15) is 16.3 Å². The monoisotopic (exact) mass is 465 g/mol. The number of carbonyl (C=O) groups excluding carboxylic acids is 1. The van der Waals surface area contributed by atoms with Gasteiger partial charge in [-0.3, -0.25) is 4.72 Å². The maximum atomic E-state index is 12.9. The van der Waals surface area contributed by atoms with Crippen molar-refractivity contribution in [3.05, 3.63) is 64.0 Å². The molecule has 3 rings (SSSR count). The second-order valence-corrected chi connectivity index (χ2v) is 9.59. The lowest BCUT2D eigenvalue weighted by molar-refractivity contribution is 0.0529. The fourth-order valence-electron chi connectivity index (χ4n) is 2.91. The van der Waals surface area contributed by atoms with Crippen LogP contribution in [0, 0.1) is 6.92 Å². The molecule has 2 aromatic carbocycles. The molecule has 0 unspecified atom stereocenters. The fourth-order valence-corrected chi connectivity index (χ4v) is 5.41. The van der Waals surface area contributed by atoms with Gasteiger partial charge in [-0.05, 0) is 55.8 Å². The van der Waals surface area contributed by atoms with E-state index in [1.165, 1.54) is 30.6 Å². The molecular formula is C21H20ClNO5S2. The maximum absolute atomic E-state index is 12.9. The van der Waals surface area contributed by atoms with E-state index in [-0.39, 0.29) is 22.1 Å². The van der Waals surface area contributed by atoms with Gasteiger partial charge in [0.25, 0.3) is 10.0 Å². The minimum absolute atomic E-state index is 0.0530. The van der Waals surface area contributed by atoms with E-state index in [9.17, 15) is 13.2 Å². The van der Waals surface area contributed by atoms with Gasteiger partial charge in [0.15, 0.2) is 0 Å². The number of nitrogens with one attached hydrogen (secondary N) is 1. The van der Waals surface area contributed by atoms with E-state index >= 15 is 0 Å². The Kier molecular flexibility index (Phi) is 6.70. The van der Waals surface area contributed by atoms with E-state index in [4.69, 9.17) is 21.1 Å². The predicted octanol–water partition coefficient (Wildman–Crippen LogP) is 5.36. The minimum Gasteiger partial charge on any atom is -0.497 e. The number of benzene rings is 2. The summed E-state index contributed by atoms with van der Waals surface area (Å²) in [6, 6.07) is 13.0. The smallest absolute Gasteiger partial charge is 0.341 e. The van der Waals surface area contributed by atoms with Gasteiger partial charge < -0.3 is 9.47 Å². The Morgan fingerprint density at radius 1 is 1.10 bits per heavy atom. The highest BCUT2D eigenvalue weighted by atomic mass is 35.5. The zero-order valence-corrected chi connectivity index (χ0v) is 19.0. The van der Waals surface area contributed by atoms with Crippen LogP contribution in [0.3, 0.4) is 0 Å². The fraction of sp³-hybridized carbons (Fsp3) is 0.190. The number of thiophene rings is 1. The second kappa shape index (κ2) is 9.07. The topological polar surface area (TPSA) is 81.7 Å². The minimum atomic E-state index is -3.93. The van der Waals surface area contributed by atoms with Gasteiger partial charge in [-0.2, -0.15) is 0 Å². The summed E-state index contributed by atoms with van der Waals surface area (Å²) in [5.41, 5.74) is 1.53. The van der Waals surface area contributed by atoms with E-state index in [1.807, 2.05) is 6.92 Å². The molecule has 0 bridgehead atoms. The average molecular weight is 466 g/mol. The number of methoxy groups -OCH3 is 1. The first-order chi connectivity index (χ1) is 14.3. The van der Waals surface area contributed by atoms with Crippen molar-refractivity contribution >= 4 is 43.9 Å². The molecule has 0 spiro atoms. The molecule has 1 aromatic heterocycles. The average Bonchev–Trinajstić information content (AvgIpc) is 3.04. The lowest BCUT2D eigenvalue weighted by atomic mass is 10.0. The van der Waals surface area contributed by atoms with Crippen molar-refractivity contribution < 1.29 is 22.7 Å². The molecule has 0 fully saturated rings. The van der Waals surface area contributed by atoms with Crippen molar-refractivity contribution in [2.75, 3.05) is 18.4 Å². The number of halogens is 1. The van der Waals surface area contributed by atoms with Crippen molar-refractivity contribution in [1.29, 1.82) is 0 Å². The van der Waals surface area contributed by atoms with Crippen LogP contribution in [0.2, 0.25) is 5.02 Å². The summed E-state index contributed by atoms with van der Waals surface area (Å²) in [5, 5.41) is 0.761. The first-order valence-corrected chi connectivity index (χ1v) is 11.7. The van der Waals surface area contributed by atoms with Crippen LogP contribution in [0.1, 0.15) is 22.2 Å². The summed E-state index contributed by atoms with van der Waals surface area (Å²) in [4.78, 5) is 13.6. The number of aryl methyl sites for hydroxylation is 1. The lowest BCUT2D eigenvalue weighted by Crippen LogP contribution is -2.15. The molecule has 158 valence electrons. The van der Waals surface area contributed by atoms with Gasteiger partial charge in [0.2, 0.25) is 0 Å². The summed E-state index contributed by atoms with van der Waals surface area (Å²) in [5.74, 6) is -0.0580. The summed E-state index contributed by atoms with van der Waals surface area (Å²) in [7, 11) is -2.43. The highest BCUT2D eigenvalue weighted by Gasteiger charge is 2.27. The van der Waals surface area contributed by atoms with Crippen molar-refractivity contribution in [2.45, 2.75) is 18.7 Å². The number of carbonyl (C=O) groups is 1. The Balaban J connectivity index is 2.08. The Morgan fingerprint density at radius 2 is 1.73 bits per heavy atom. The van der Waals surface area contributed by atoms with E-state index < -0.39 is 16.0 Å². The van der Waals surface area contributed by atoms with Crippen molar-refractivity contribution in [2.24, 2.45) is 0 Å². The Labute approximate surface area is 184 Å². The van der Waals surface area contributed by atoms with Crippen LogP contribution >= 0.6 is 22.9 Å². The van der Waals surface area contributed by atoms with Gasteiger partial charge in [0, 0.05) is 15.5 Å². The van der Waals surface area contributed by atoms with Crippen LogP contribution < -0.4 is 9.46 Å². The molecule has 0 atom stereocenters. The Hall–Kier alpha value is -2.55. The molecule has 0 amide bonds. The molecule has 0 saturated heterocycles. The van der Waals surface area contributed by atoms with E-state index in [1.54, 1.807) is 43.3 Å². The lowest BCUT2D eigenvalue weighted by Gasteiger charge is -2.11. The van der Waals surface area contributed by atoms with Crippen LogP contribution in [-0.2, 0) is 14.8 Å². The Morgan fingerprint density at radius 3 is 2.30 bits per heavy atom. The van der Waals surface area contributed by atoms with Gasteiger partial charge in [-0.1, -0.05) is 23.7 Å². The van der Waals surface area contributed by atoms with Crippen LogP contribution in [0.25, 0.3) is 11.1 Å². The molecule has 1 heterocycles. The third kappa shape index (κ3) is 4.61. The summed E-state index contributed by atoms with van der Waals surface area (Å²) < 4.78 is 38.7. The number of sulfonamides is 1. The van der Waals surface area contributed by atoms with Crippen LogP contribution in [0.5, 0.6) is 5.75 Å². The molecular weight excluding hydrogens is 446 g/mol. The standard InChI is InChI=1S/C21H20ClNO5S2/c1-4-28-21(24)19-18(14-5-7-15(22)8-6-14)13(2)29-20(19)23-30(25,26)17-11-9-16(27-3)10-12-17/h5-12,23H,4H2,1-3H3. The normalized spacial score (nSPS) is 11.2. The molecule has 9 heteroatoms. The molecule has 0 saturated carbocycles. The summed E-state index contributed by atoms with van der Waals surface area (Å²) in [6.07, 6.45) is 0. The molecule has 6 nitrogen and oxygen atoms in total. The molecule has 0 radical (unpaired) electrons. The van der Waals surface area contributed by atoms with Crippen molar-refractivity contribution in [3.8, 4) is 16.9 Å². The molecule has 1 N–H and O–H groups in total. The second-order valence-electron chi connectivity index (χ2n) is 6.25.